The van der Waals surface area contributed by atoms with Crippen LogP contribution in [-0.2, 0) is 6.18 Å². The average molecular weight is 402 g/mol. The first-order valence-corrected chi connectivity index (χ1v) is 8.51. The molecule has 0 fully saturated rings. The molecule has 2 heterocycles. The van der Waals surface area contributed by atoms with Gasteiger partial charge in [0.2, 0.25) is 11.8 Å². The van der Waals surface area contributed by atoms with Crippen LogP contribution in [0.4, 0.5) is 13.2 Å². The van der Waals surface area contributed by atoms with Gasteiger partial charge in [-0.15, -0.1) is 10.2 Å². The van der Waals surface area contributed by atoms with E-state index in [2.05, 4.69) is 15.2 Å². The third-order valence-electron chi connectivity index (χ3n) is 4.01. The van der Waals surface area contributed by atoms with Gasteiger partial charge < -0.3 is 4.42 Å². The van der Waals surface area contributed by atoms with Crippen molar-refractivity contribution >= 4 is 11.6 Å². The molecule has 0 radical (unpaired) electrons. The standard InChI is InChI=1S/C20H11ClF3N3O/c21-16-3-1-2-13(10-16)18-26-27-19(28-18)14-8-9-25-17(11-14)12-4-6-15(7-5-12)20(22,23)24/h1-11H. The number of aromatic nitrogens is 3. The van der Waals surface area contributed by atoms with Gasteiger partial charge in [-0.05, 0) is 42.5 Å². The minimum atomic E-state index is -4.38. The Morgan fingerprint density at radius 2 is 1.46 bits per heavy atom. The van der Waals surface area contributed by atoms with Crippen molar-refractivity contribution in [3.8, 4) is 34.2 Å². The van der Waals surface area contributed by atoms with E-state index in [-0.39, 0.29) is 5.89 Å². The Kier molecular flexibility index (Phi) is 4.60. The predicted octanol–water partition coefficient (Wildman–Crippen LogP) is 6.14. The third kappa shape index (κ3) is 3.75. The van der Waals surface area contributed by atoms with Crippen LogP contribution in [-0.4, -0.2) is 15.2 Å². The van der Waals surface area contributed by atoms with Crippen LogP contribution in [0.3, 0.4) is 0 Å². The predicted molar refractivity (Wildman–Crippen MR) is 98.4 cm³/mol. The Labute approximate surface area is 162 Å². The number of alkyl halides is 3. The second-order valence-electron chi connectivity index (χ2n) is 5.93. The van der Waals surface area contributed by atoms with Gasteiger partial charge in [-0.1, -0.05) is 29.8 Å². The molecule has 0 aliphatic heterocycles. The zero-order chi connectivity index (χ0) is 19.7. The normalized spacial score (nSPS) is 11.6. The second-order valence-corrected chi connectivity index (χ2v) is 6.36. The smallest absolute Gasteiger partial charge is 0.416 e. The van der Waals surface area contributed by atoms with Crippen molar-refractivity contribution in [2.24, 2.45) is 0 Å². The zero-order valence-corrected chi connectivity index (χ0v) is 14.9. The van der Waals surface area contributed by atoms with Crippen LogP contribution < -0.4 is 0 Å². The number of pyridine rings is 1. The summed E-state index contributed by atoms with van der Waals surface area (Å²) >= 11 is 5.98. The molecule has 0 N–H and O–H groups in total. The molecule has 2 aromatic carbocycles. The lowest BCUT2D eigenvalue weighted by molar-refractivity contribution is -0.137. The fraction of sp³-hybridized carbons (Fsp3) is 0.0500. The Morgan fingerprint density at radius 1 is 0.786 bits per heavy atom. The second kappa shape index (κ2) is 7.09. The fourth-order valence-corrected chi connectivity index (χ4v) is 2.82. The van der Waals surface area contributed by atoms with E-state index >= 15 is 0 Å². The summed E-state index contributed by atoms with van der Waals surface area (Å²) in [5, 5.41) is 8.61. The first kappa shape index (κ1) is 18.2. The van der Waals surface area contributed by atoms with E-state index in [1.807, 2.05) is 0 Å². The summed E-state index contributed by atoms with van der Waals surface area (Å²) in [5.74, 6) is 0.580. The van der Waals surface area contributed by atoms with E-state index in [1.54, 1.807) is 36.4 Å². The van der Waals surface area contributed by atoms with Gasteiger partial charge in [0.25, 0.3) is 0 Å². The first-order chi connectivity index (χ1) is 13.4. The van der Waals surface area contributed by atoms with Gasteiger partial charge in [0.1, 0.15) is 0 Å². The van der Waals surface area contributed by atoms with Crippen molar-refractivity contribution < 1.29 is 17.6 Å². The molecule has 0 aliphatic carbocycles. The lowest BCUT2D eigenvalue weighted by Gasteiger charge is -2.07. The summed E-state index contributed by atoms with van der Waals surface area (Å²) in [4.78, 5) is 4.22. The van der Waals surface area contributed by atoms with Crippen LogP contribution in [0.5, 0.6) is 0 Å². The maximum absolute atomic E-state index is 12.7. The molecule has 8 heteroatoms. The molecule has 4 nitrogen and oxygen atoms in total. The Balaban J connectivity index is 1.64. The maximum atomic E-state index is 12.7. The highest BCUT2D eigenvalue weighted by Crippen LogP contribution is 2.32. The van der Waals surface area contributed by atoms with Gasteiger partial charge in [0.05, 0.1) is 11.3 Å². The van der Waals surface area contributed by atoms with Gasteiger partial charge >= 0.3 is 6.18 Å². The van der Waals surface area contributed by atoms with Crippen molar-refractivity contribution in [1.82, 2.24) is 15.2 Å². The Morgan fingerprint density at radius 3 is 2.11 bits per heavy atom. The summed E-state index contributed by atoms with van der Waals surface area (Å²) in [6.07, 6.45) is -2.85. The molecule has 2 aromatic heterocycles. The van der Waals surface area contributed by atoms with E-state index in [4.69, 9.17) is 16.0 Å². The molecule has 0 spiro atoms. The van der Waals surface area contributed by atoms with E-state index in [1.165, 1.54) is 18.3 Å². The Hall–Kier alpha value is -3.19. The molecular weight excluding hydrogens is 391 g/mol. The molecule has 28 heavy (non-hydrogen) atoms. The lowest BCUT2D eigenvalue weighted by atomic mass is 10.1. The molecule has 0 amide bonds. The minimum Gasteiger partial charge on any atom is -0.416 e. The van der Waals surface area contributed by atoms with E-state index in [0.717, 1.165) is 12.1 Å². The van der Waals surface area contributed by atoms with E-state index < -0.39 is 11.7 Å². The highest BCUT2D eigenvalue weighted by molar-refractivity contribution is 6.30. The topological polar surface area (TPSA) is 51.8 Å². The zero-order valence-electron chi connectivity index (χ0n) is 14.1. The van der Waals surface area contributed by atoms with Crippen molar-refractivity contribution in [3.63, 3.8) is 0 Å². The van der Waals surface area contributed by atoms with Crippen molar-refractivity contribution in [1.29, 1.82) is 0 Å². The summed E-state index contributed by atoms with van der Waals surface area (Å²) in [6.45, 7) is 0. The summed E-state index contributed by atoms with van der Waals surface area (Å²) in [5.41, 5.74) is 1.61. The van der Waals surface area contributed by atoms with Crippen LogP contribution in [0, 0.1) is 0 Å². The van der Waals surface area contributed by atoms with E-state index in [0.29, 0.717) is 33.3 Å². The number of nitrogens with zero attached hydrogens (tertiary/aromatic N) is 3. The first-order valence-electron chi connectivity index (χ1n) is 8.14. The average Bonchev–Trinajstić information content (AvgIpc) is 3.18. The van der Waals surface area contributed by atoms with Crippen LogP contribution in [0.15, 0.2) is 71.3 Å². The number of hydrogen-bond donors (Lipinski definition) is 0. The van der Waals surface area contributed by atoms with Crippen LogP contribution in [0.2, 0.25) is 5.02 Å². The van der Waals surface area contributed by atoms with Crippen LogP contribution in [0.1, 0.15) is 5.56 Å². The van der Waals surface area contributed by atoms with Gasteiger partial charge in [-0.2, -0.15) is 13.2 Å². The molecule has 4 aromatic rings. The highest BCUT2D eigenvalue weighted by Gasteiger charge is 2.30. The monoisotopic (exact) mass is 401 g/mol. The van der Waals surface area contributed by atoms with Gasteiger partial charge in [0, 0.05) is 27.9 Å². The highest BCUT2D eigenvalue weighted by atomic mass is 35.5. The summed E-state index contributed by atoms with van der Waals surface area (Å²) < 4.78 is 43.9. The Bertz CT molecular complexity index is 1120. The number of halogens is 4. The molecule has 0 unspecified atom stereocenters. The minimum absolute atomic E-state index is 0.269. The third-order valence-corrected chi connectivity index (χ3v) is 4.25. The van der Waals surface area contributed by atoms with Crippen LogP contribution in [0.25, 0.3) is 34.2 Å². The molecule has 0 atom stereocenters. The van der Waals surface area contributed by atoms with Gasteiger partial charge in [-0.25, -0.2) is 0 Å². The summed E-state index contributed by atoms with van der Waals surface area (Å²) in [7, 11) is 0. The number of rotatable bonds is 3. The van der Waals surface area contributed by atoms with Crippen LogP contribution >= 0.6 is 11.6 Å². The van der Waals surface area contributed by atoms with Crippen molar-refractivity contribution in [2.75, 3.05) is 0 Å². The quantitative estimate of drug-likeness (QED) is 0.414. The molecule has 0 aliphatic rings. The SMILES string of the molecule is FC(F)(F)c1ccc(-c2cc(-c3nnc(-c4cccc(Cl)c4)o3)ccn2)cc1. The molecule has 4 rings (SSSR count). The molecule has 0 saturated heterocycles. The van der Waals surface area contributed by atoms with E-state index in [9.17, 15) is 13.2 Å². The maximum Gasteiger partial charge on any atom is 0.416 e. The summed E-state index contributed by atoms with van der Waals surface area (Å²) in [6, 6.07) is 15.2. The van der Waals surface area contributed by atoms with Gasteiger partial charge in [0.15, 0.2) is 0 Å². The van der Waals surface area contributed by atoms with Crippen molar-refractivity contribution in [2.45, 2.75) is 6.18 Å². The largest absolute Gasteiger partial charge is 0.416 e. The molecule has 0 bridgehead atoms. The van der Waals surface area contributed by atoms with Gasteiger partial charge in [-0.3, -0.25) is 4.98 Å². The molecular formula is C20H11ClF3N3O. The number of hydrogen-bond acceptors (Lipinski definition) is 4. The molecule has 140 valence electrons. The number of benzene rings is 2. The van der Waals surface area contributed by atoms with Crippen molar-refractivity contribution in [3.05, 3.63) is 77.4 Å². The lowest BCUT2D eigenvalue weighted by Crippen LogP contribution is -2.04. The molecule has 0 saturated carbocycles. The fourth-order valence-electron chi connectivity index (χ4n) is 2.63.